The molecular weight excluding hydrogens is 414 g/mol. The van der Waals surface area contributed by atoms with Crippen molar-refractivity contribution in [3.63, 3.8) is 0 Å². The Kier molecular flexibility index (Phi) is 7.85. The lowest BCUT2D eigenvalue weighted by Gasteiger charge is -2.08. The van der Waals surface area contributed by atoms with Crippen LogP contribution < -0.4 is 10.1 Å². The van der Waals surface area contributed by atoms with Crippen molar-refractivity contribution in [3.8, 4) is 5.75 Å². The second-order valence-electron chi connectivity index (χ2n) is 6.75. The molecule has 31 heavy (non-hydrogen) atoms. The lowest BCUT2D eigenvalue weighted by atomic mass is 10.2. The molecule has 3 aromatic carbocycles. The van der Waals surface area contributed by atoms with Gasteiger partial charge in [0.25, 0.3) is 5.91 Å². The van der Waals surface area contributed by atoms with E-state index >= 15 is 0 Å². The van der Waals surface area contributed by atoms with Crippen LogP contribution in [0.3, 0.4) is 0 Å². The minimum absolute atomic E-state index is 0.355. The summed E-state index contributed by atoms with van der Waals surface area (Å²) in [7, 11) is 0. The van der Waals surface area contributed by atoms with Crippen molar-refractivity contribution < 1.29 is 19.1 Å². The van der Waals surface area contributed by atoms with Gasteiger partial charge in [0.1, 0.15) is 12.4 Å². The largest absolute Gasteiger partial charge is 0.489 e. The van der Waals surface area contributed by atoms with Crippen LogP contribution >= 0.6 is 11.6 Å². The zero-order chi connectivity index (χ0) is 22.1. The summed E-state index contributed by atoms with van der Waals surface area (Å²) in [5, 5.41) is 3.37. The summed E-state index contributed by atoms with van der Waals surface area (Å²) in [5.74, 6) is -0.303. The van der Waals surface area contributed by atoms with E-state index < -0.39 is 11.9 Å². The standard InChI is InChI=1S/C25H22ClNO4/c1-18-6-2-5-9-23(18)27-24(28)17-31-25(29)15-12-19-10-13-21(14-11-19)30-16-20-7-3-4-8-22(20)26/h2-15H,16-17H2,1H3,(H,27,28). The highest BCUT2D eigenvalue weighted by Crippen LogP contribution is 2.19. The van der Waals surface area contributed by atoms with Gasteiger partial charge in [-0.05, 0) is 48.4 Å². The Balaban J connectivity index is 1.44. The minimum Gasteiger partial charge on any atom is -0.489 e. The number of carbonyl (C=O) groups is 2. The number of rotatable bonds is 8. The van der Waals surface area contributed by atoms with Gasteiger partial charge in [0.05, 0.1) is 0 Å². The van der Waals surface area contributed by atoms with Crippen molar-refractivity contribution in [2.45, 2.75) is 13.5 Å². The molecule has 0 radical (unpaired) electrons. The van der Waals surface area contributed by atoms with Crippen LogP contribution in [-0.4, -0.2) is 18.5 Å². The number of ether oxygens (including phenoxy) is 2. The summed E-state index contributed by atoms with van der Waals surface area (Å²) in [6, 6.07) is 22.1. The molecule has 0 bridgehead atoms. The van der Waals surface area contributed by atoms with Gasteiger partial charge in [-0.1, -0.05) is 60.1 Å². The van der Waals surface area contributed by atoms with E-state index in [2.05, 4.69) is 5.32 Å². The van der Waals surface area contributed by atoms with E-state index in [1.165, 1.54) is 6.08 Å². The van der Waals surface area contributed by atoms with E-state index in [-0.39, 0.29) is 6.61 Å². The monoisotopic (exact) mass is 435 g/mol. The number of halogens is 1. The number of para-hydroxylation sites is 1. The summed E-state index contributed by atoms with van der Waals surface area (Å²) in [6.07, 6.45) is 2.89. The Morgan fingerprint density at radius 3 is 2.42 bits per heavy atom. The van der Waals surface area contributed by atoms with Crippen LogP contribution in [0.25, 0.3) is 6.08 Å². The maximum atomic E-state index is 11.9. The van der Waals surface area contributed by atoms with Crippen molar-refractivity contribution in [1.82, 2.24) is 0 Å². The van der Waals surface area contributed by atoms with Gasteiger partial charge >= 0.3 is 5.97 Å². The molecular formula is C25H22ClNO4. The topological polar surface area (TPSA) is 64.6 Å². The molecule has 0 aliphatic heterocycles. The third-order valence-electron chi connectivity index (χ3n) is 4.41. The average Bonchev–Trinajstić information content (AvgIpc) is 2.78. The van der Waals surface area contributed by atoms with Crippen LogP contribution in [0.1, 0.15) is 16.7 Å². The smallest absolute Gasteiger partial charge is 0.331 e. The highest BCUT2D eigenvalue weighted by atomic mass is 35.5. The van der Waals surface area contributed by atoms with E-state index in [4.69, 9.17) is 21.1 Å². The minimum atomic E-state index is -0.598. The van der Waals surface area contributed by atoms with Crippen molar-refractivity contribution in [2.24, 2.45) is 0 Å². The van der Waals surface area contributed by atoms with Gasteiger partial charge in [0, 0.05) is 22.3 Å². The lowest BCUT2D eigenvalue weighted by molar-refractivity contribution is -0.142. The average molecular weight is 436 g/mol. The molecule has 1 amide bonds. The van der Waals surface area contributed by atoms with Crippen LogP contribution in [0.4, 0.5) is 5.69 Å². The van der Waals surface area contributed by atoms with Crippen molar-refractivity contribution >= 4 is 35.2 Å². The maximum absolute atomic E-state index is 11.9. The van der Waals surface area contributed by atoms with Gasteiger partial charge in [-0.25, -0.2) is 4.79 Å². The third kappa shape index (κ3) is 7.01. The summed E-state index contributed by atoms with van der Waals surface area (Å²) in [6.45, 7) is 1.90. The Bertz CT molecular complexity index is 1080. The van der Waals surface area contributed by atoms with Crippen molar-refractivity contribution in [1.29, 1.82) is 0 Å². The van der Waals surface area contributed by atoms with Crippen LogP contribution in [0.2, 0.25) is 5.02 Å². The zero-order valence-corrected chi connectivity index (χ0v) is 17.8. The number of amides is 1. The molecule has 0 atom stereocenters. The number of anilines is 1. The molecule has 0 aliphatic carbocycles. The molecule has 6 heteroatoms. The normalized spacial score (nSPS) is 10.6. The van der Waals surface area contributed by atoms with Gasteiger partial charge < -0.3 is 14.8 Å². The summed E-state index contributed by atoms with van der Waals surface area (Å²) < 4.78 is 10.7. The first-order chi connectivity index (χ1) is 15.0. The van der Waals surface area contributed by atoms with Gasteiger partial charge in [0.2, 0.25) is 0 Å². The highest BCUT2D eigenvalue weighted by molar-refractivity contribution is 6.31. The Hall–Kier alpha value is -3.57. The van der Waals surface area contributed by atoms with Crippen molar-refractivity contribution in [3.05, 3.63) is 101 Å². The molecule has 0 saturated carbocycles. The number of hydrogen-bond acceptors (Lipinski definition) is 4. The molecule has 5 nitrogen and oxygen atoms in total. The second kappa shape index (κ2) is 11.0. The molecule has 0 fully saturated rings. The first-order valence-corrected chi connectivity index (χ1v) is 10.1. The number of carbonyl (C=O) groups excluding carboxylic acids is 2. The molecule has 3 rings (SSSR count). The SMILES string of the molecule is Cc1ccccc1NC(=O)COC(=O)C=Cc1ccc(OCc2ccccc2Cl)cc1. The van der Waals surface area contributed by atoms with E-state index in [9.17, 15) is 9.59 Å². The fraction of sp³-hybridized carbons (Fsp3) is 0.120. The summed E-state index contributed by atoms with van der Waals surface area (Å²) in [4.78, 5) is 23.8. The highest BCUT2D eigenvalue weighted by Gasteiger charge is 2.07. The molecule has 0 saturated heterocycles. The van der Waals surface area contributed by atoms with Gasteiger partial charge in [-0.2, -0.15) is 0 Å². The first kappa shape index (κ1) is 22.1. The number of nitrogens with one attached hydrogen (secondary N) is 1. The van der Waals surface area contributed by atoms with Crippen LogP contribution in [0.5, 0.6) is 5.75 Å². The quantitative estimate of drug-likeness (QED) is 0.379. The Labute approximate surface area is 186 Å². The third-order valence-corrected chi connectivity index (χ3v) is 4.78. The molecule has 0 spiro atoms. The molecule has 0 unspecified atom stereocenters. The predicted molar refractivity (Wildman–Crippen MR) is 122 cm³/mol. The number of benzene rings is 3. The van der Waals surface area contributed by atoms with Crippen LogP contribution in [0, 0.1) is 6.92 Å². The number of aryl methyl sites for hydroxylation is 1. The van der Waals surface area contributed by atoms with E-state index in [0.29, 0.717) is 23.1 Å². The summed E-state index contributed by atoms with van der Waals surface area (Å²) in [5.41, 5.74) is 3.33. The van der Waals surface area contributed by atoms with Gasteiger partial charge in [0.15, 0.2) is 6.61 Å². The Morgan fingerprint density at radius 2 is 1.68 bits per heavy atom. The lowest BCUT2D eigenvalue weighted by Crippen LogP contribution is -2.20. The van der Waals surface area contributed by atoms with E-state index in [1.807, 2.05) is 61.5 Å². The van der Waals surface area contributed by atoms with E-state index in [1.54, 1.807) is 24.3 Å². The van der Waals surface area contributed by atoms with E-state index in [0.717, 1.165) is 16.7 Å². The predicted octanol–water partition coefficient (Wildman–Crippen LogP) is 5.42. The van der Waals surface area contributed by atoms with Crippen LogP contribution in [0.15, 0.2) is 78.9 Å². The maximum Gasteiger partial charge on any atom is 0.331 e. The summed E-state index contributed by atoms with van der Waals surface area (Å²) >= 11 is 6.12. The Morgan fingerprint density at radius 1 is 0.968 bits per heavy atom. The molecule has 1 N–H and O–H groups in total. The first-order valence-electron chi connectivity index (χ1n) is 9.68. The molecule has 0 aromatic heterocycles. The van der Waals surface area contributed by atoms with Gasteiger partial charge in [-0.15, -0.1) is 0 Å². The second-order valence-corrected chi connectivity index (χ2v) is 7.16. The molecule has 3 aromatic rings. The van der Waals surface area contributed by atoms with Crippen LogP contribution in [-0.2, 0) is 20.9 Å². The fourth-order valence-corrected chi connectivity index (χ4v) is 2.89. The number of hydrogen-bond donors (Lipinski definition) is 1. The van der Waals surface area contributed by atoms with Crippen molar-refractivity contribution in [2.75, 3.05) is 11.9 Å². The zero-order valence-electron chi connectivity index (χ0n) is 17.0. The molecule has 0 heterocycles. The fourth-order valence-electron chi connectivity index (χ4n) is 2.70. The molecule has 158 valence electrons. The molecule has 0 aliphatic rings. The van der Waals surface area contributed by atoms with Gasteiger partial charge in [-0.3, -0.25) is 4.79 Å². The number of esters is 1.